The topological polar surface area (TPSA) is 97.3 Å². The van der Waals surface area contributed by atoms with Crippen molar-refractivity contribution in [2.45, 2.75) is 24.8 Å². The first-order chi connectivity index (χ1) is 12.8. The Morgan fingerprint density at radius 3 is 2.41 bits per heavy atom. The average molecular weight is 385 g/mol. The highest BCUT2D eigenvalue weighted by atomic mass is 32.2. The number of aryl methyl sites for hydroxylation is 1. The van der Waals surface area contributed by atoms with Crippen molar-refractivity contribution in [1.29, 1.82) is 0 Å². The summed E-state index contributed by atoms with van der Waals surface area (Å²) < 4.78 is 27.7. The van der Waals surface area contributed by atoms with E-state index in [2.05, 4.69) is 5.32 Å². The van der Waals surface area contributed by atoms with Gasteiger partial charge in [-0.25, -0.2) is 13.1 Å². The van der Waals surface area contributed by atoms with Crippen molar-refractivity contribution in [3.05, 3.63) is 60.8 Å². The Morgan fingerprint density at radius 1 is 1.00 bits per heavy atom. The number of para-hydroxylation sites is 1. The van der Waals surface area contributed by atoms with E-state index in [1.807, 2.05) is 45.8 Å². The number of carbonyl (C=O) groups is 2. The smallest absolute Gasteiger partial charge is 0.264 e. The summed E-state index contributed by atoms with van der Waals surface area (Å²) in [5.74, 6) is -0.838. The minimum absolute atomic E-state index is 0.0468. The molecule has 0 atom stereocenters. The van der Waals surface area contributed by atoms with Crippen molar-refractivity contribution in [2.75, 3.05) is 5.32 Å². The molecule has 0 aliphatic heterocycles. The summed E-state index contributed by atoms with van der Waals surface area (Å²) in [5, 5.41) is 3.86. The summed E-state index contributed by atoms with van der Waals surface area (Å²) in [6.45, 7) is 1.66. The Bertz CT molecular complexity index is 1090. The molecule has 8 heteroatoms. The van der Waals surface area contributed by atoms with E-state index >= 15 is 0 Å². The number of nitrogens with one attached hydrogen (secondary N) is 2. The number of carbonyl (C=O) groups excluding carboxylic acids is 2. The maximum absolute atomic E-state index is 12.2. The molecule has 0 bridgehead atoms. The molecule has 0 aliphatic carbocycles. The number of aromatic nitrogens is 1. The molecule has 2 amide bonds. The van der Waals surface area contributed by atoms with E-state index in [-0.39, 0.29) is 17.2 Å². The number of hydrogen-bond acceptors (Lipinski definition) is 4. The Labute approximate surface area is 157 Å². The highest BCUT2D eigenvalue weighted by Crippen LogP contribution is 2.17. The maximum atomic E-state index is 12.2. The predicted molar refractivity (Wildman–Crippen MR) is 103 cm³/mol. The van der Waals surface area contributed by atoms with Crippen LogP contribution in [0.25, 0.3) is 10.9 Å². The van der Waals surface area contributed by atoms with Crippen molar-refractivity contribution in [3.8, 4) is 0 Å². The van der Waals surface area contributed by atoms with Crippen LogP contribution in [0.1, 0.15) is 13.3 Å². The van der Waals surface area contributed by atoms with E-state index < -0.39 is 15.9 Å². The first-order valence-electron chi connectivity index (χ1n) is 8.32. The van der Waals surface area contributed by atoms with Gasteiger partial charge in [-0.05, 0) is 41.8 Å². The molecule has 27 heavy (non-hydrogen) atoms. The van der Waals surface area contributed by atoms with Crippen molar-refractivity contribution >= 4 is 38.4 Å². The molecule has 0 fully saturated rings. The zero-order valence-electron chi connectivity index (χ0n) is 14.7. The third-order valence-electron chi connectivity index (χ3n) is 3.99. The number of fused-ring (bicyclic) bond motifs is 1. The van der Waals surface area contributed by atoms with E-state index in [1.54, 1.807) is 0 Å². The monoisotopic (exact) mass is 385 g/mol. The van der Waals surface area contributed by atoms with Crippen LogP contribution in [0.3, 0.4) is 0 Å². The van der Waals surface area contributed by atoms with Crippen LogP contribution in [0.5, 0.6) is 0 Å². The second kappa shape index (κ2) is 7.63. The molecule has 2 aromatic carbocycles. The molecule has 0 saturated heterocycles. The summed E-state index contributed by atoms with van der Waals surface area (Å²) >= 11 is 0. The molecule has 1 heterocycles. The van der Waals surface area contributed by atoms with Gasteiger partial charge in [-0.3, -0.25) is 9.59 Å². The van der Waals surface area contributed by atoms with Crippen LogP contribution in [-0.2, 0) is 26.2 Å². The second-order valence-electron chi connectivity index (χ2n) is 6.05. The molecule has 0 saturated carbocycles. The lowest BCUT2D eigenvalue weighted by molar-refractivity contribution is -0.117. The Kier molecular flexibility index (Phi) is 5.27. The zero-order chi connectivity index (χ0) is 19.4. The number of sulfonamides is 1. The third-order valence-corrected chi connectivity index (χ3v) is 5.44. The number of rotatable bonds is 6. The van der Waals surface area contributed by atoms with Gasteiger partial charge in [0.25, 0.3) is 10.0 Å². The lowest BCUT2D eigenvalue weighted by atomic mass is 10.2. The number of benzene rings is 2. The zero-order valence-corrected chi connectivity index (χ0v) is 15.5. The van der Waals surface area contributed by atoms with E-state index in [0.29, 0.717) is 12.2 Å². The number of hydrogen-bond donors (Lipinski definition) is 2. The SMILES string of the molecule is CC(=O)NS(=O)(=O)c1ccc(NC(=O)CCn2ccc3ccccc32)cc1. The molecule has 3 rings (SSSR count). The molecule has 140 valence electrons. The number of amides is 2. The lowest BCUT2D eigenvalue weighted by Gasteiger charge is -2.09. The van der Waals surface area contributed by atoms with Crippen LogP contribution >= 0.6 is 0 Å². The molecule has 0 radical (unpaired) electrons. The van der Waals surface area contributed by atoms with Gasteiger partial charge in [0.15, 0.2) is 0 Å². The fraction of sp³-hybridized carbons (Fsp3) is 0.158. The van der Waals surface area contributed by atoms with E-state index in [1.165, 1.54) is 24.3 Å². The van der Waals surface area contributed by atoms with Crippen LogP contribution < -0.4 is 10.0 Å². The van der Waals surface area contributed by atoms with Gasteiger partial charge in [0.05, 0.1) is 4.90 Å². The first kappa shape index (κ1) is 18.7. The predicted octanol–water partition coefficient (Wildman–Crippen LogP) is 2.49. The van der Waals surface area contributed by atoms with Crippen LogP contribution in [0.2, 0.25) is 0 Å². The molecule has 2 N–H and O–H groups in total. The fourth-order valence-electron chi connectivity index (χ4n) is 2.75. The maximum Gasteiger partial charge on any atom is 0.264 e. The first-order valence-corrected chi connectivity index (χ1v) is 9.81. The van der Waals surface area contributed by atoms with Crippen molar-refractivity contribution < 1.29 is 18.0 Å². The normalized spacial score (nSPS) is 11.3. The number of anilines is 1. The highest BCUT2D eigenvalue weighted by Gasteiger charge is 2.15. The van der Waals surface area contributed by atoms with Crippen molar-refractivity contribution in [1.82, 2.24) is 9.29 Å². The quantitative estimate of drug-likeness (QED) is 0.681. The molecule has 0 unspecified atom stereocenters. The lowest BCUT2D eigenvalue weighted by Crippen LogP contribution is -2.28. The van der Waals surface area contributed by atoms with Gasteiger partial charge in [-0.15, -0.1) is 0 Å². The summed E-state index contributed by atoms with van der Waals surface area (Å²) in [6.07, 6.45) is 2.23. The summed E-state index contributed by atoms with van der Waals surface area (Å²) in [7, 11) is -3.88. The number of nitrogens with zero attached hydrogens (tertiary/aromatic N) is 1. The summed E-state index contributed by atoms with van der Waals surface area (Å²) in [6, 6.07) is 15.6. The average Bonchev–Trinajstić information content (AvgIpc) is 3.02. The molecule has 0 spiro atoms. The minimum Gasteiger partial charge on any atom is -0.347 e. The summed E-state index contributed by atoms with van der Waals surface area (Å²) in [5.41, 5.74) is 1.55. The third kappa shape index (κ3) is 4.53. The van der Waals surface area contributed by atoms with Gasteiger partial charge >= 0.3 is 0 Å². The van der Waals surface area contributed by atoms with Crippen molar-refractivity contribution in [2.24, 2.45) is 0 Å². The standard InChI is InChI=1S/C19H19N3O4S/c1-14(23)21-27(25,26)17-8-6-16(7-9-17)20-19(24)11-13-22-12-10-15-4-2-3-5-18(15)22/h2-10,12H,11,13H2,1H3,(H,20,24)(H,21,23). The van der Waals surface area contributed by atoms with Crippen molar-refractivity contribution in [3.63, 3.8) is 0 Å². The Hall–Kier alpha value is -3.13. The minimum atomic E-state index is -3.88. The van der Waals surface area contributed by atoms with Gasteiger partial charge in [0, 0.05) is 37.3 Å². The van der Waals surface area contributed by atoms with Crippen LogP contribution in [-0.4, -0.2) is 24.8 Å². The largest absolute Gasteiger partial charge is 0.347 e. The molecule has 0 aliphatic rings. The van der Waals surface area contributed by atoms with Gasteiger partial charge in [-0.1, -0.05) is 18.2 Å². The van der Waals surface area contributed by atoms with Gasteiger partial charge in [0.1, 0.15) is 0 Å². The molecular formula is C19H19N3O4S. The molecule has 7 nitrogen and oxygen atoms in total. The van der Waals surface area contributed by atoms with E-state index in [4.69, 9.17) is 0 Å². The Morgan fingerprint density at radius 2 is 1.70 bits per heavy atom. The molecular weight excluding hydrogens is 366 g/mol. The van der Waals surface area contributed by atoms with Gasteiger partial charge in [0.2, 0.25) is 11.8 Å². The molecule has 3 aromatic rings. The van der Waals surface area contributed by atoms with Crippen LogP contribution in [0.4, 0.5) is 5.69 Å². The van der Waals surface area contributed by atoms with E-state index in [0.717, 1.165) is 17.8 Å². The fourth-order valence-corrected chi connectivity index (χ4v) is 3.74. The van der Waals surface area contributed by atoms with Crippen LogP contribution in [0, 0.1) is 0 Å². The summed E-state index contributed by atoms with van der Waals surface area (Å²) in [4.78, 5) is 23.1. The second-order valence-corrected chi connectivity index (χ2v) is 7.73. The van der Waals surface area contributed by atoms with Gasteiger partial charge in [-0.2, -0.15) is 0 Å². The Balaban J connectivity index is 1.60. The molecule has 1 aromatic heterocycles. The van der Waals surface area contributed by atoms with Crippen LogP contribution in [0.15, 0.2) is 65.7 Å². The highest BCUT2D eigenvalue weighted by molar-refractivity contribution is 7.90. The van der Waals surface area contributed by atoms with E-state index in [9.17, 15) is 18.0 Å². The van der Waals surface area contributed by atoms with Gasteiger partial charge < -0.3 is 9.88 Å².